The Kier molecular flexibility index (Phi) is 7.13. The third-order valence-corrected chi connectivity index (χ3v) is 3.37. The van der Waals surface area contributed by atoms with Gasteiger partial charge in [-0.1, -0.05) is 0 Å². The molecule has 2 amide bonds. The van der Waals surface area contributed by atoms with Crippen molar-refractivity contribution in [2.45, 2.75) is 71.6 Å². The molecule has 0 saturated carbocycles. The number of carbonyl (C=O) groups is 2. The maximum absolute atomic E-state index is 12.3. The fourth-order valence-electron chi connectivity index (χ4n) is 2.50. The number of amides is 2. The van der Waals surface area contributed by atoms with Crippen LogP contribution in [0.3, 0.4) is 0 Å². The minimum Gasteiger partial charge on any atom is -0.444 e. The van der Waals surface area contributed by atoms with Crippen LogP contribution in [0, 0.1) is 0 Å². The topological polar surface area (TPSA) is 70.7 Å². The summed E-state index contributed by atoms with van der Waals surface area (Å²) in [5, 5.41) is 5.99. The van der Waals surface area contributed by atoms with Gasteiger partial charge < -0.3 is 20.3 Å². The molecular weight excluding hydrogens is 282 g/mol. The molecule has 22 heavy (non-hydrogen) atoms. The van der Waals surface area contributed by atoms with Crippen molar-refractivity contribution < 1.29 is 14.3 Å². The van der Waals surface area contributed by atoms with Gasteiger partial charge in [0.2, 0.25) is 5.91 Å². The Hall–Kier alpha value is -1.30. The molecule has 1 atom stereocenters. The van der Waals surface area contributed by atoms with E-state index in [1.54, 1.807) is 4.90 Å². The summed E-state index contributed by atoms with van der Waals surface area (Å²) in [7, 11) is 0. The molecule has 1 aliphatic rings. The Bertz CT molecular complexity index is 377. The van der Waals surface area contributed by atoms with Crippen LogP contribution in [-0.4, -0.2) is 54.2 Å². The van der Waals surface area contributed by atoms with Crippen LogP contribution >= 0.6 is 0 Å². The second-order valence-electron chi connectivity index (χ2n) is 7.18. The van der Waals surface area contributed by atoms with Crippen molar-refractivity contribution in [3.63, 3.8) is 0 Å². The molecule has 0 aromatic carbocycles. The number of likely N-dealkylation sites (tertiary alicyclic amines) is 1. The molecule has 0 aliphatic carbocycles. The number of hydrogen-bond donors (Lipinski definition) is 2. The van der Waals surface area contributed by atoms with Crippen LogP contribution < -0.4 is 10.6 Å². The highest BCUT2D eigenvalue weighted by atomic mass is 16.6. The summed E-state index contributed by atoms with van der Waals surface area (Å²) in [5.41, 5.74) is -0.482. The van der Waals surface area contributed by atoms with E-state index < -0.39 is 5.60 Å². The molecular formula is C16H31N3O3. The molecule has 1 saturated heterocycles. The van der Waals surface area contributed by atoms with Crippen LogP contribution in [0.5, 0.6) is 0 Å². The van der Waals surface area contributed by atoms with Crippen molar-refractivity contribution in [3.8, 4) is 0 Å². The molecule has 1 unspecified atom stereocenters. The van der Waals surface area contributed by atoms with Crippen LogP contribution in [0.15, 0.2) is 0 Å². The van der Waals surface area contributed by atoms with Crippen molar-refractivity contribution in [1.29, 1.82) is 0 Å². The zero-order chi connectivity index (χ0) is 16.8. The fraction of sp³-hybridized carbons (Fsp3) is 0.875. The molecule has 1 rings (SSSR count). The van der Waals surface area contributed by atoms with Crippen LogP contribution in [0.25, 0.3) is 0 Å². The third kappa shape index (κ3) is 7.11. The van der Waals surface area contributed by atoms with E-state index in [9.17, 15) is 9.59 Å². The summed E-state index contributed by atoms with van der Waals surface area (Å²) >= 11 is 0. The first kappa shape index (κ1) is 18.7. The molecule has 1 aliphatic heterocycles. The van der Waals surface area contributed by atoms with Crippen molar-refractivity contribution in [2.24, 2.45) is 0 Å². The number of nitrogens with zero attached hydrogens (tertiary/aromatic N) is 1. The lowest BCUT2D eigenvalue weighted by Crippen LogP contribution is -2.51. The number of hydrogen-bond acceptors (Lipinski definition) is 4. The van der Waals surface area contributed by atoms with Gasteiger partial charge in [-0.2, -0.15) is 0 Å². The lowest BCUT2D eigenvalue weighted by molar-refractivity contribution is -0.120. The van der Waals surface area contributed by atoms with Crippen molar-refractivity contribution in [3.05, 3.63) is 0 Å². The van der Waals surface area contributed by atoms with Gasteiger partial charge in [0.05, 0.1) is 6.54 Å². The molecule has 0 radical (unpaired) electrons. The second kappa shape index (κ2) is 8.36. The number of rotatable bonds is 5. The smallest absolute Gasteiger partial charge is 0.410 e. The Morgan fingerprint density at radius 1 is 1.27 bits per heavy atom. The largest absolute Gasteiger partial charge is 0.444 e. The van der Waals surface area contributed by atoms with E-state index in [4.69, 9.17) is 4.74 Å². The van der Waals surface area contributed by atoms with E-state index in [1.807, 2.05) is 34.6 Å². The maximum Gasteiger partial charge on any atom is 0.410 e. The fourth-order valence-corrected chi connectivity index (χ4v) is 2.50. The van der Waals surface area contributed by atoms with E-state index in [0.717, 1.165) is 25.8 Å². The van der Waals surface area contributed by atoms with Crippen LogP contribution in [0.1, 0.15) is 53.9 Å². The molecule has 2 N–H and O–H groups in total. The Labute approximate surface area is 134 Å². The summed E-state index contributed by atoms with van der Waals surface area (Å²) in [6, 6.07) is 0.234. The highest BCUT2D eigenvalue weighted by Gasteiger charge is 2.30. The molecule has 1 fully saturated rings. The first-order valence-electron chi connectivity index (χ1n) is 8.19. The highest BCUT2D eigenvalue weighted by Crippen LogP contribution is 2.19. The number of ether oxygens (including phenoxy) is 1. The van der Waals surface area contributed by atoms with Gasteiger partial charge in [0.25, 0.3) is 0 Å². The average Bonchev–Trinajstić information content (AvgIpc) is 2.36. The summed E-state index contributed by atoms with van der Waals surface area (Å²) < 4.78 is 5.47. The van der Waals surface area contributed by atoms with E-state index in [1.165, 1.54) is 0 Å². The van der Waals surface area contributed by atoms with Gasteiger partial charge in [-0.25, -0.2) is 4.79 Å². The molecule has 0 spiro atoms. The van der Waals surface area contributed by atoms with E-state index in [-0.39, 0.29) is 30.6 Å². The van der Waals surface area contributed by atoms with Crippen LogP contribution in [-0.2, 0) is 9.53 Å². The predicted molar refractivity (Wildman–Crippen MR) is 86.7 cm³/mol. The van der Waals surface area contributed by atoms with Crippen molar-refractivity contribution in [2.75, 3.05) is 19.6 Å². The third-order valence-electron chi connectivity index (χ3n) is 3.37. The summed E-state index contributed by atoms with van der Waals surface area (Å²) in [4.78, 5) is 25.7. The molecule has 128 valence electrons. The van der Waals surface area contributed by atoms with Gasteiger partial charge in [0.15, 0.2) is 0 Å². The quantitative estimate of drug-likeness (QED) is 0.813. The predicted octanol–water partition coefficient (Wildman–Crippen LogP) is 1.89. The van der Waals surface area contributed by atoms with Crippen molar-refractivity contribution >= 4 is 12.0 Å². The maximum atomic E-state index is 12.3. The molecule has 0 aromatic rings. The molecule has 6 nitrogen and oxygen atoms in total. The second-order valence-corrected chi connectivity index (χ2v) is 7.18. The van der Waals surface area contributed by atoms with Gasteiger partial charge in [-0.15, -0.1) is 0 Å². The van der Waals surface area contributed by atoms with Gasteiger partial charge in [-0.05, 0) is 53.9 Å². The minimum atomic E-state index is -0.482. The lowest BCUT2D eigenvalue weighted by atomic mass is 10.0. The zero-order valence-corrected chi connectivity index (χ0v) is 14.6. The standard InChI is InChI=1S/C16H31N3O3/c1-12(2)18-14(20)11-17-10-13-8-6-7-9-19(13)15(21)22-16(3,4)5/h12-13,17H,6-11H2,1-5H3,(H,18,20). The van der Waals surface area contributed by atoms with Gasteiger partial charge in [-0.3, -0.25) is 4.79 Å². The van der Waals surface area contributed by atoms with E-state index in [0.29, 0.717) is 6.54 Å². The van der Waals surface area contributed by atoms with E-state index >= 15 is 0 Å². The number of nitrogens with one attached hydrogen (secondary N) is 2. The van der Waals surface area contributed by atoms with Gasteiger partial charge >= 0.3 is 6.09 Å². The molecule has 1 heterocycles. The van der Waals surface area contributed by atoms with Gasteiger partial charge in [0.1, 0.15) is 5.60 Å². The highest BCUT2D eigenvalue weighted by molar-refractivity contribution is 5.78. The molecule has 6 heteroatoms. The van der Waals surface area contributed by atoms with E-state index in [2.05, 4.69) is 10.6 Å². The average molecular weight is 313 g/mol. The monoisotopic (exact) mass is 313 g/mol. The minimum absolute atomic E-state index is 0.0189. The van der Waals surface area contributed by atoms with Crippen LogP contribution in [0.4, 0.5) is 4.79 Å². The first-order valence-corrected chi connectivity index (χ1v) is 8.19. The Morgan fingerprint density at radius 3 is 2.55 bits per heavy atom. The Balaban J connectivity index is 2.45. The van der Waals surface area contributed by atoms with Crippen molar-refractivity contribution in [1.82, 2.24) is 15.5 Å². The molecule has 0 bridgehead atoms. The molecule has 0 aromatic heterocycles. The van der Waals surface area contributed by atoms with Gasteiger partial charge in [0, 0.05) is 25.2 Å². The zero-order valence-electron chi connectivity index (χ0n) is 14.6. The lowest BCUT2D eigenvalue weighted by Gasteiger charge is -2.36. The first-order chi connectivity index (χ1) is 10.2. The van der Waals surface area contributed by atoms with Crippen LogP contribution in [0.2, 0.25) is 0 Å². The summed E-state index contributed by atoms with van der Waals surface area (Å²) in [5.74, 6) is -0.0189. The number of piperidine rings is 1. The Morgan fingerprint density at radius 2 is 1.95 bits per heavy atom. The summed E-state index contributed by atoms with van der Waals surface area (Å²) in [6.07, 6.45) is 2.79. The number of carbonyl (C=O) groups excluding carboxylic acids is 2. The summed E-state index contributed by atoms with van der Waals surface area (Å²) in [6.45, 7) is 11.1. The normalized spacial score (nSPS) is 19.2. The SMILES string of the molecule is CC(C)NC(=O)CNCC1CCCCN1C(=O)OC(C)(C)C.